The van der Waals surface area contributed by atoms with Gasteiger partial charge in [-0.3, -0.25) is 9.59 Å². The zero-order valence-electron chi connectivity index (χ0n) is 18.1. The number of nitrogens with one attached hydrogen (secondary N) is 3. The van der Waals surface area contributed by atoms with Crippen molar-refractivity contribution < 1.29 is 14.0 Å². The number of H-pyrrole nitrogens is 1. The maximum Gasteiger partial charge on any atom is 0.314 e. The average Bonchev–Trinajstić information content (AvgIpc) is 2.80. The van der Waals surface area contributed by atoms with Crippen molar-refractivity contribution in [3.05, 3.63) is 75.5 Å². The van der Waals surface area contributed by atoms with E-state index >= 15 is 0 Å². The van der Waals surface area contributed by atoms with E-state index in [9.17, 15) is 18.8 Å². The number of aromatic amines is 1. The molecule has 32 heavy (non-hydrogen) atoms. The van der Waals surface area contributed by atoms with Gasteiger partial charge >= 0.3 is 6.03 Å². The maximum atomic E-state index is 14.5. The largest absolute Gasteiger partial charge is 0.338 e. The lowest BCUT2D eigenvalue weighted by Crippen LogP contribution is -2.42. The molecule has 0 aliphatic heterocycles. The first-order valence-electron chi connectivity index (χ1n) is 10.5. The summed E-state index contributed by atoms with van der Waals surface area (Å²) in [6.07, 6.45) is 0.322. The highest BCUT2D eigenvalue weighted by atomic mass is 19.1. The zero-order valence-corrected chi connectivity index (χ0v) is 18.1. The standard InChI is InChI=1S/C23H26FN5O3/c1-3-25-23(32)26-11-12-29(4-2)22(31)18-13-15(9-10-19(18)24)14-20-16-7-5-6-8-17(16)21(30)28-27-20/h5-10,13H,3-4,11-12,14H2,1-2H3,(H,28,30)(H2,25,26,32). The monoisotopic (exact) mass is 439 g/mol. The highest BCUT2D eigenvalue weighted by molar-refractivity contribution is 5.94. The summed E-state index contributed by atoms with van der Waals surface area (Å²) in [5, 5.41) is 13.1. The summed E-state index contributed by atoms with van der Waals surface area (Å²) < 4.78 is 14.5. The normalized spacial score (nSPS) is 10.7. The first-order valence-corrected chi connectivity index (χ1v) is 10.5. The van der Waals surface area contributed by atoms with Crippen molar-refractivity contribution in [3.63, 3.8) is 0 Å². The molecule has 9 heteroatoms. The Hall–Kier alpha value is -3.75. The number of urea groups is 1. The minimum atomic E-state index is -0.617. The molecule has 3 rings (SSSR count). The number of halogens is 1. The van der Waals surface area contributed by atoms with Gasteiger partial charge < -0.3 is 15.5 Å². The smallest absolute Gasteiger partial charge is 0.314 e. The van der Waals surface area contributed by atoms with E-state index in [1.54, 1.807) is 25.1 Å². The van der Waals surface area contributed by atoms with Gasteiger partial charge in [-0.1, -0.05) is 24.3 Å². The molecule has 1 heterocycles. The Balaban J connectivity index is 1.79. The van der Waals surface area contributed by atoms with Crippen LogP contribution in [-0.4, -0.2) is 53.2 Å². The van der Waals surface area contributed by atoms with Crippen molar-refractivity contribution in [1.82, 2.24) is 25.7 Å². The van der Waals surface area contributed by atoms with E-state index in [2.05, 4.69) is 20.8 Å². The molecular formula is C23H26FN5O3. The van der Waals surface area contributed by atoms with Crippen LogP contribution >= 0.6 is 0 Å². The summed E-state index contributed by atoms with van der Waals surface area (Å²) >= 11 is 0. The Morgan fingerprint density at radius 2 is 1.84 bits per heavy atom. The Morgan fingerprint density at radius 3 is 2.56 bits per heavy atom. The van der Waals surface area contributed by atoms with Crippen molar-refractivity contribution in [1.29, 1.82) is 0 Å². The van der Waals surface area contributed by atoms with Gasteiger partial charge in [-0.05, 0) is 37.6 Å². The molecule has 0 saturated heterocycles. The van der Waals surface area contributed by atoms with Crippen molar-refractivity contribution in [3.8, 4) is 0 Å². The van der Waals surface area contributed by atoms with Crippen molar-refractivity contribution >= 4 is 22.7 Å². The number of fused-ring (bicyclic) bond motifs is 1. The number of carbonyl (C=O) groups is 2. The van der Waals surface area contributed by atoms with Crippen molar-refractivity contribution in [2.45, 2.75) is 20.3 Å². The highest BCUT2D eigenvalue weighted by Gasteiger charge is 2.19. The highest BCUT2D eigenvalue weighted by Crippen LogP contribution is 2.19. The fourth-order valence-corrected chi connectivity index (χ4v) is 3.45. The molecule has 0 bridgehead atoms. The van der Waals surface area contributed by atoms with E-state index in [-0.39, 0.29) is 30.2 Å². The second-order valence-corrected chi connectivity index (χ2v) is 7.21. The van der Waals surface area contributed by atoms with Gasteiger partial charge in [0.25, 0.3) is 11.5 Å². The first-order chi connectivity index (χ1) is 15.4. The maximum absolute atomic E-state index is 14.5. The number of likely N-dealkylation sites (N-methyl/N-ethyl adjacent to an activating group) is 1. The van der Waals surface area contributed by atoms with Gasteiger partial charge in [0.2, 0.25) is 0 Å². The second kappa shape index (κ2) is 10.5. The number of rotatable bonds is 8. The second-order valence-electron chi connectivity index (χ2n) is 7.21. The fraction of sp³-hybridized carbons (Fsp3) is 0.304. The number of aromatic nitrogens is 2. The van der Waals surface area contributed by atoms with E-state index in [4.69, 9.17) is 0 Å². The number of hydrogen-bond acceptors (Lipinski definition) is 4. The summed E-state index contributed by atoms with van der Waals surface area (Å²) in [6, 6.07) is 11.2. The van der Waals surface area contributed by atoms with Crippen LogP contribution in [0.1, 0.15) is 35.5 Å². The third-order valence-electron chi connectivity index (χ3n) is 5.08. The summed E-state index contributed by atoms with van der Waals surface area (Å²) in [5.41, 5.74) is 0.995. The molecule has 168 valence electrons. The van der Waals surface area contributed by atoms with Gasteiger partial charge in [0.15, 0.2) is 0 Å². The molecule has 0 aliphatic carbocycles. The summed E-state index contributed by atoms with van der Waals surface area (Å²) in [4.78, 5) is 38.0. The zero-order chi connectivity index (χ0) is 23.1. The minimum absolute atomic E-state index is 0.0453. The minimum Gasteiger partial charge on any atom is -0.338 e. The lowest BCUT2D eigenvalue weighted by Gasteiger charge is -2.22. The Labute approximate surface area is 184 Å². The molecule has 8 nitrogen and oxygen atoms in total. The van der Waals surface area contributed by atoms with E-state index < -0.39 is 11.7 Å². The van der Waals surface area contributed by atoms with Crippen LogP contribution in [0.2, 0.25) is 0 Å². The van der Waals surface area contributed by atoms with E-state index in [0.29, 0.717) is 41.5 Å². The molecule has 0 atom stereocenters. The van der Waals surface area contributed by atoms with Gasteiger partial charge in [-0.25, -0.2) is 14.3 Å². The van der Waals surface area contributed by atoms with Crippen LogP contribution in [0.3, 0.4) is 0 Å². The quantitative estimate of drug-likeness (QED) is 0.501. The summed E-state index contributed by atoms with van der Waals surface area (Å²) in [7, 11) is 0. The Kier molecular flexibility index (Phi) is 7.54. The molecular weight excluding hydrogens is 413 g/mol. The molecule has 3 aromatic rings. The van der Waals surface area contributed by atoms with E-state index in [1.807, 2.05) is 19.1 Å². The molecule has 0 fully saturated rings. The molecule has 2 aromatic carbocycles. The Bertz CT molecular complexity index is 1180. The van der Waals surface area contributed by atoms with Crippen molar-refractivity contribution in [2.75, 3.05) is 26.2 Å². The van der Waals surface area contributed by atoms with Gasteiger partial charge in [0.05, 0.1) is 16.6 Å². The third-order valence-corrected chi connectivity index (χ3v) is 5.08. The van der Waals surface area contributed by atoms with Crippen LogP contribution in [0.4, 0.5) is 9.18 Å². The molecule has 0 spiro atoms. The van der Waals surface area contributed by atoms with Gasteiger partial charge in [0.1, 0.15) is 5.82 Å². The molecule has 0 saturated carbocycles. The summed E-state index contributed by atoms with van der Waals surface area (Å²) in [6.45, 7) is 4.97. The van der Waals surface area contributed by atoms with Gasteiger partial charge in [-0.2, -0.15) is 5.10 Å². The van der Waals surface area contributed by atoms with Gasteiger partial charge in [0, 0.05) is 38.0 Å². The lowest BCUT2D eigenvalue weighted by molar-refractivity contribution is 0.0761. The van der Waals surface area contributed by atoms with Crippen LogP contribution in [0.25, 0.3) is 10.8 Å². The van der Waals surface area contributed by atoms with Gasteiger partial charge in [-0.15, -0.1) is 0 Å². The van der Waals surface area contributed by atoms with Crippen LogP contribution < -0.4 is 16.2 Å². The average molecular weight is 439 g/mol. The van der Waals surface area contributed by atoms with Crippen LogP contribution in [0, 0.1) is 5.82 Å². The fourth-order valence-electron chi connectivity index (χ4n) is 3.45. The molecule has 0 radical (unpaired) electrons. The molecule has 1 aromatic heterocycles. The number of amides is 3. The first kappa shape index (κ1) is 22.9. The number of carbonyl (C=O) groups excluding carboxylic acids is 2. The van der Waals surface area contributed by atoms with Crippen LogP contribution in [0.15, 0.2) is 47.3 Å². The lowest BCUT2D eigenvalue weighted by atomic mass is 10.0. The predicted molar refractivity (Wildman–Crippen MR) is 120 cm³/mol. The van der Waals surface area contributed by atoms with Crippen molar-refractivity contribution in [2.24, 2.45) is 0 Å². The number of nitrogens with zero attached hydrogens (tertiary/aromatic N) is 2. The SMILES string of the molecule is CCNC(=O)NCCN(CC)C(=O)c1cc(Cc2n[nH]c(=O)c3ccccc23)ccc1F. The Morgan fingerprint density at radius 1 is 1.09 bits per heavy atom. The van der Waals surface area contributed by atoms with E-state index in [1.165, 1.54) is 17.0 Å². The molecule has 3 N–H and O–H groups in total. The molecule has 0 aliphatic rings. The summed E-state index contributed by atoms with van der Waals surface area (Å²) in [5.74, 6) is -1.07. The molecule has 0 unspecified atom stereocenters. The van der Waals surface area contributed by atoms with Crippen LogP contribution in [-0.2, 0) is 6.42 Å². The molecule has 3 amide bonds. The van der Waals surface area contributed by atoms with Crippen LogP contribution in [0.5, 0.6) is 0 Å². The number of benzene rings is 2. The third kappa shape index (κ3) is 5.29. The topological polar surface area (TPSA) is 107 Å². The van der Waals surface area contributed by atoms with E-state index in [0.717, 1.165) is 0 Å². The predicted octanol–water partition coefficient (Wildman–Crippen LogP) is 2.43. The number of hydrogen-bond donors (Lipinski definition) is 3.